The molecule has 404 valence electrons. The lowest BCUT2D eigenvalue weighted by molar-refractivity contribution is -0.870. The van der Waals surface area contributed by atoms with E-state index in [4.69, 9.17) is 18.9 Å². The van der Waals surface area contributed by atoms with Crippen LogP contribution in [-0.4, -0.2) is 82.3 Å². The zero-order valence-electron chi connectivity index (χ0n) is 45.8. The molecule has 0 radical (unpaired) electrons. The van der Waals surface area contributed by atoms with E-state index in [9.17, 15) is 19.5 Å². The number of allylic oxidation sites excluding steroid dienone is 18. The fourth-order valence-electron chi connectivity index (χ4n) is 7.26. The highest BCUT2D eigenvalue weighted by atomic mass is 16.7. The molecule has 0 spiro atoms. The second-order valence-corrected chi connectivity index (χ2v) is 19.5. The normalized spacial score (nSPS) is 13.6. The lowest BCUT2D eigenvalue weighted by Crippen LogP contribution is -2.44. The first-order valence-corrected chi connectivity index (χ1v) is 28.0. The molecular weight excluding hydrogens is 887 g/mol. The van der Waals surface area contributed by atoms with Gasteiger partial charge < -0.3 is 33.3 Å². The van der Waals surface area contributed by atoms with Gasteiger partial charge >= 0.3 is 11.9 Å². The van der Waals surface area contributed by atoms with E-state index in [-0.39, 0.29) is 38.6 Å². The summed E-state index contributed by atoms with van der Waals surface area (Å²) in [4.78, 5) is 37.2. The molecule has 0 saturated heterocycles. The fourth-order valence-corrected chi connectivity index (χ4v) is 7.26. The van der Waals surface area contributed by atoms with Crippen molar-refractivity contribution in [1.29, 1.82) is 0 Å². The minimum absolute atomic E-state index is 0.139. The third-order valence-electron chi connectivity index (χ3n) is 11.5. The van der Waals surface area contributed by atoms with Crippen LogP contribution in [0.1, 0.15) is 206 Å². The number of esters is 2. The minimum Gasteiger partial charge on any atom is -0.545 e. The van der Waals surface area contributed by atoms with Crippen molar-refractivity contribution in [3.63, 3.8) is 0 Å². The van der Waals surface area contributed by atoms with Crippen LogP contribution < -0.4 is 5.11 Å². The number of carbonyl (C=O) groups excluding carboxylic acids is 3. The maximum absolute atomic E-state index is 12.9. The van der Waals surface area contributed by atoms with Crippen molar-refractivity contribution in [3.05, 3.63) is 109 Å². The molecule has 0 amide bonds. The second-order valence-electron chi connectivity index (χ2n) is 19.5. The van der Waals surface area contributed by atoms with E-state index in [1.54, 1.807) is 0 Å². The summed E-state index contributed by atoms with van der Waals surface area (Å²) in [5.74, 6) is -2.31. The Morgan fingerprint density at radius 3 is 1.13 bits per heavy atom. The molecule has 0 aromatic heterocycles. The summed E-state index contributed by atoms with van der Waals surface area (Å²) in [5.41, 5.74) is 0. The van der Waals surface area contributed by atoms with Crippen molar-refractivity contribution in [3.8, 4) is 0 Å². The van der Waals surface area contributed by atoms with Crippen molar-refractivity contribution in [2.45, 2.75) is 219 Å². The van der Waals surface area contributed by atoms with Crippen LogP contribution in [0, 0.1) is 0 Å². The monoisotopic (exact) mass is 990 g/mol. The van der Waals surface area contributed by atoms with Gasteiger partial charge in [0.2, 0.25) is 0 Å². The maximum Gasteiger partial charge on any atom is 0.306 e. The van der Waals surface area contributed by atoms with Gasteiger partial charge in [-0.2, -0.15) is 0 Å². The zero-order chi connectivity index (χ0) is 52.0. The molecule has 2 atom stereocenters. The van der Waals surface area contributed by atoms with Crippen LogP contribution in [0.25, 0.3) is 0 Å². The number of ether oxygens (including phenoxy) is 4. The number of nitrogens with zero attached hydrogens (tertiary/aromatic N) is 1. The van der Waals surface area contributed by atoms with Gasteiger partial charge in [-0.25, -0.2) is 0 Å². The third kappa shape index (κ3) is 53.6. The van der Waals surface area contributed by atoms with Gasteiger partial charge in [0.15, 0.2) is 12.4 Å². The maximum atomic E-state index is 12.9. The zero-order valence-corrected chi connectivity index (χ0v) is 45.8. The molecule has 0 fully saturated rings. The number of unbranched alkanes of at least 4 members (excludes halogenated alkanes) is 17. The first kappa shape index (κ1) is 67.0. The van der Waals surface area contributed by atoms with E-state index in [1.165, 1.54) is 57.8 Å². The van der Waals surface area contributed by atoms with Crippen molar-refractivity contribution < 1.29 is 42.9 Å². The van der Waals surface area contributed by atoms with Gasteiger partial charge in [-0.3, -0.25) is 9.59 Å². The first-order valence-electron chi connectivity index (χ1n) is 28.0. The molecule has 0 aliphatic rings. The van der Waals surface area contributed by atoms with Crippen molar-refractivity contribution in [1.82, 2.24) is 0 Å². The van der Waals surface area contributed by atoms with Crippen molar-refractivity contribution in [2.75, 3.05) is 47.5 Å². The van der Waals surface area contributed by atoms with Gasteiger partial charge in [0.25, 0.3) is 0 Å². The van der Waals surface area contributed by atoms with Crippen LogP contribution >= 0.6 is 0 Å². The Labute approximate surface area is 434 Å². The molecule has 2 unspecified atom stereocenters. The second kappa shape index (κ2) is 52.3. The molecule has 9 heteroatoms. The van der Waals surface area contributed by atoms with E-state index in [0.29, 0.717) is 17.4 Å². The highest BCUT2D eigenvalue weighted by Crippen LogP contribution is 2.15. The Kier molecular flexibility index (Phi) is 49.3. The minimum atomic E-state index is -1.63. The standard InChI is InChI=1S/C62H103NO8/c1-6-8-10-12-14-16-18-20-22-24-25-26-27-28-29-30-31-32-33-34-35-37-39-41-43-45-47-49-51-53-60(65)71-58(57-70-62(61(66)67)68-55-54-63(3,4)5)56-69-59(64)52-50-48-46-44-42-40-38-36-23-21-19-17-15-13-11-9-7-2/h8-11,14-17,20-23,25-26,28-29,31-32,58,62H,6-7,12-13,18-19,24,27,30,33-57H2,1-5H3/b10-8-,11-9-,16-14-,17-15-,22-20-,23-21-,26-25-,29-28-,32-31-. The summed E-state index contributed by atoms with van der Waals surface area (Å²) >= 11 is 0. The summed E-state index contributed by atoms with van der Waals surface area (Å²) in [7, 11) is 5.91. The number of carboxylic acids is 1. The number of likely N-dealkylation sites (N-methyl/N-ethyl adjacent to an activating group) is 1. The Hall–Kier alpha value is -4.05. The van der Waals surface area contributed by atoms with Gasteiger partial charge in [0.05, 0.1) is 40.3 Å². The Bertz CT molecular complexity index is 1530. The number of rotatable bonds is 50. The Balaban J connectivity index is 4.28. The van der Waals surface area contributed by atoms with E-state index < -0.39 is 24.3 Å². The molecule has 0 aromatic rings. The van der Waals surface area contributed by atoms with E-state index in [1.807, 2.05) is 21.1 Å². The molecular formula is C62H103NO8. The Morgan fingerprint density at radius 2 is 0.761 bits per heavy atom. The van der Waals surface area contributed by atoms with Crippen LogP contribution in [0.3, 0.4) is 0 Å². The van der Waals surface area contributed by atoms with Gasteiger partial charge in [-0.15, -0.1) is 0 Å². The highest BCUT2D eigenvalue weighted by molar-refractivity contribution is 5.70. The lowest BCUT2D eigenvalue weighted by atomic mass is 10.0. The van der Waals surface area contributed by atoms with E-state index in [2.05, 4.69) is 123 Å². The number of quaternary nitrogens is 1. The number of hydrogen-bond acceptors (Lipinski definition) is 8. The van der Waals surface area contributed by atoms with Gasteiger partial charge in [0, 0.05) is 12.8 Å². The summed E-state index contributed by atoms with van der Waals surface area (Å²) < 4.78 is 22.7. The third-order valence-corrected chi connectivity index (χ3v) is 11.5. The average molecular weight is 991 g/mol. The molecule has 0 saturated carbocycles. The number of carbonyl (C=O) groups is 3. The SMILES string of the molecule is CC/C=C\C/C=C\C/C=C\C/C=C\C/C=C\C/C=C\CCCCCCCCCCCCC(=O)OC(COC(=O)CCCCCCCCC/C=C\C/C=C\C/C=C\CC)COC(OCC[N+](C)(C)C)C(=O)[O-]. The van der Waals surface area contributed by atoms with Crippen LogP contribution in [0.5, 0.6) is 0 Å². The van der Waals surface area contributed by atoms with Crippen LogP contribution in [0.4, 0.5) is 0 Å². The molecule has 0 aliphatic heterocycles. The molecule has 0 bridgehead atoms. The summed E-state index contributed by atoms with van der Waals surface area (Å²) in [6, 6.07) is 0. The largest absolute Gasteiger partial charge is 0.545 e. The summed E-state index contributed by atoms with van der Waals surface area (Å²) in [5, 5.41) is 11.8. The van der Waals surface area contributed by atoms with Gasteiger partial charge in [-0.05, 0) is 96.3 Å². The quantitative estimate of drug-likeness (QED) is 0.0195. The molecule has 9 nitrogen and oxygen atoms in total. The van der Waals surface area contributed by atoms with Crippen molar-refractivity contribution in [2.24, 2.45) is 0 Å². The van der Waals surface area contributed by atoms with Gasteiger partial charge in [-0.1, -0.05) is 207 Å². The number of carboxylic acid groups (broad SMARTS) is 1. The molecule has 0 rings (SSSR count). The predicted molar refractivity (Wildman–Crippen MR) is 297 cm³/mol. The Morgan fingerprint density at radius 1 is 0.423 bits per heavy atom. The van der Waals surface area contributed by atoms with Crippen molar-refractivity contribution >= 4 is 17.9 Å². The molecule has 71 heavy (non-hydrogen) atoms. The van der Waals surface area contributed by atoms with Crippen LogP contribution in [0.2, 0.25) is 0 Å². The highest BCUT2D eigenvalue weighted by Gasteiger charge is 2.22. The molecule has 0 N–H and O–H groups in total. The number of hydrogen-bond donors (Lipinski definition) is 0. The van der Waals surface area contributed by atoms with Crippen LogP contribution in [0.15, 0.2) is 109 Å². The van der Waals surface area contributed by atoms with E-state index in [0.717, 1.165) is 116 Å². The number of aliphatic carboxylic acids is 1. The molecule has 0 heterocycles. The first-order chi connectivity index (χ1) is 34.6. The smallest absolute Gasteiger partial charge is 0.306 e. The van der Waals surface area contributed by atoms with E-state index >= 15 is 0 Å². The van der Waals surface area contributed by atoms with Gasteiger partial charge in [0.1, 0.15) is 13.2 Å². The average Bonchev–Trinajstić information content (AvgIpc) is 3.34. The van der Waals surface area contributed by atoms with Crippen LogP contribution in [-0.2, 0) is 33.3 Å². The molecule has 0 aliphatic carbocycles. The summed E-state index contributed by atoms with van der Waals surface area (Å²) in [6.07, 6.45) is 68.4. The fraction of sp³-hybridized carbons (Fsp3) is 0.661. The lowest BCUT2D eigenvalue weighted by Gasteiger charge is -2.26. The topological polar surface area (TPSA) is 111 Å². The summed E-state index contributed by atoms with van der Waals surface area (Å²) in [6.45, 7) is 4.49. The molecule has 0 aromatic carbocycles. The predicted octanol–water partition coefficient (Wildman–Crippen LogP) is 15.0.